The second-order valence-corrected chi connectivity index (χ2v) is 8.21. The number of hydrogen-bond donors (Lipinski definition) is 0. The lowest BCUT2D eigenvalue weighted by Gasteiger charge is -2.23. The molecule has 0 bridgehead atoms. The molecule has 0 aliphatic carbocycles. The van der Waals surface area contributed by atoms with Crippen LogP contribution in [0.5, 0.6) is 0 Å². The van der Waals surface area contributed by atoms with Gasteiger partial charge in [0.2, 0.25) is 5.91 Å². The summed E-state index contributed by atoms with van der Waals surface area (Å²) in [6, 6.07) is 9.74. The molecule has 6 heteroatoms. The van der Waals surface area contributed by atoms with E-state index in [1.807, 2.05) is 51.1 Å². The van der Waals surface area contributed by atoms with Gasteiger partial charge in [-0.1, -0.05) is 36.8 Å². The molecule has 0 unspecified atom stereocenters. The van der Waals surface area contributed by atoms with Gasteiger partial charge in [-0.05, 0) is 59.8 Å². The van der Waals surface area contributed by atoms with Crippen molar-refractivity contribution in [1.29, 1.82) is 0 Å². The Morgan fingerprint density at radius 1 is 0.929 bits per heavy atom. The fourth-order valence-electron chi connectivity index (χ4n) is 2.57. The van der Waals surface area contributed by atoms with Crippen molar-refractivity contribution in [2.45, 2.75) is 65.1 Å². The zero-order valence-electron chi connectivity index (χ0n) is 18.1. The number of esters is 1. The third-order valence-corrected chi connectivity index (χ3v) is 3.94. The van der Waals surface area contributed by atoms with E-state index in [9.17, 15) is 9.59 Å². The van der Waals surface area contributed by atoms with Gasteiger partial charge in [0, 0.05) is 13.0 Å². The standard InChI is InChI=1S/C22H36N2O4/c1-22(2,3)28-21(26)15-14-20(25)24(17-11-7-10-16-23(4)5)27-18-19-12-8-6-9-13-19/h6,8-9,12-13H,7,10-11,14-18H2,1-5H3. The third-order valence-electron chi connectivity index (χ3n) is 3.94. The monoisotopic (exact) mass is 392 g/mol. The van der Waals surface area contributed by atoms with E-state index in [1.54, 1.807) is 0 Å². The van der Waals surface area contributed by atoms with Crippen LogP contribution in [0.3, 0.4) is 0 Å². The van der Waals surface area contributed by atoms with Crippen molar-refractivity contribution >= 4 is 11.9 Å². The molecule has 0 N–H and O–H groups in total. The van der Waals surface area contributed by atoms with Crippen molar-refractivity contribution in [2.24, 2.45) is 0 Å². The zero-order valence-corrected chi connectivity index (χ0v) is 18.1. The molecule has 1 aromatic rings. The van der Waals surface area contributed by atoms with Crippen LogP contribution in [0, 0.1) is 0 Å². The summed E-state index contributed by atoms with van der Waals surface area (Å²) in [6.45, 7) is 7.32. The van der Waals surface area contributed by atoms with E-state index in [2.05, 4.69) is 19.0 Å². The molecule has 1 aromatic carbocycles. The van der Waals surface area contributed by atoms with Crippen molar-refractivity contribution in [3.63, 3.8) is 0 Å². The quantitative estimate of drug-likeness (QED) is 0.308. The van der Waals surface area contributed by atoms with Gasteiger partial charge in [0.25, 0.3) is 0 Å². The summed E-state index contributed by atoms with van der Waals surface area (Å²) in [4.78, 5) is 32.4. The van der Waals surface area contributed by atoms with Crippen molar-refractivity contribution in [3.8, 4) is 0 Å². The summed E-state index contributed by atoms with van der Waals surface area (Å²) in [6.07, 6.45) is 3.10. The van der Waals surface area contributed by atoms with Crippen molar-refractivity contribution in [2.75, 3.05) is 27.2 Å². The molecule has 0 aliphatic heterocycles. The first-order chi connectivity index (χ1) is 13.2. The molecule has 0 fully saturated rings. The minimum Gasteiger partial charge on any atom is -0.460 e. The third kappa shape index (κ3) is 11.7. The number of hydroxylamine groups is 2. The number of carbonyl (C=O) groups excluding carboxylic acids is 2. The maximum atomic E-state index is 12.6. The highest BCUT2D eigenvalue weighted by molar-refractivity contribution is 5.80. The Kier molecular flexibility index (Phi) is 10.8. The number of carbonyl (C=O) groups is 2. The van der Waals surface area contributed by atoms with Crippen molar-refractivity contribution in [3.05, 3.63) is 35.9 Å². The van der Waals surface area contributed by atoms with E-state index >= 15 is 0 Å². The second-order valence-electron chi connectivity index (χ2n) is 8.21. The van der Waals surface area contributed by atoms with E-state index in [0.29, 0.717) is 13.2 Å². The van der Waals surface area contributed by atoms with Crippen LogP contribution in [0.2, 0.25) is 0 Å². The number of hydrogen-bond acceptors (Lipinski definition) is 5. The van der Waals surface area contributed by atoms with E-state index in [0.717, 1.165) is 31.4 Å². The number of rotatable bonds is 12. The van der Waals surface area contributed by atoms with Gasteiger partial charge in [0.15, 0.2) is 0 Å². The number of ether oxygens (including phenoxy) is 1. The summed E-state index contributed by atoms with van der Waals surface area (Å²) >= 11 is 0. The fourth-order valence-corrected chi connectivity index (χ4v) is 2.57. The van der Waals surface area contributed by atoms with Crippen molar-refractivity contribution in [1.82, 2.24) is 9.96 Å². The number of nitrogens with zero attached hydrogens (tertiary/aromatic N) is 2. The Labute approximate surface area is 169 Å². The molecule has 0 aliphatic rings. The van der Waals surface area contributed by atoms with Gasteiger partial charge in [-0.15, -0.1) is 0 Å². The van der Waals surface area contributed by atoms with Gasteiger partial charge in [-0.25, -0.2) is 5.06 Å². The van der Waals surface area contributed by atoms with Crippen LogP contribution >= 0.6 is 0 Å². The van der Waals surface area contributed by atoms with Crippen LogP contribution in [-0.2, 0) is 25.8 Å². The highest BCUT2D eigenvalue weighted by Gasteiger charge is 2.20. The average molecular weight is 393 g/mol. The van der Waals surface area contributed by atoms with Crippen LogP contribution in [0.1, 0.15) is 58.4 Å². The lowest BCUT2D eigenvalue weighted by atomic mass is 10.2. The van der Waals surface area contributed by atoms with Gasteiger partial charge in [0.05, 0.1) is 6.42 Å². The van der Waals surface area contributed by atoms with Gasteiger partial charge in [-0.3, -0.25) is 14.4 Å². The minimum atomic E-state index is -0.546. The molecule has 0 spiro atoms. The first-order valence-corrected chi connectivity index (χ1v) is 10.0. The number of amides is 1. The molecule has 0 atom stereocenters. The Morgan fingerprint density at radius 3 is 2.18 bits per heavy atom. The Hall–Kier alpha value is -1.92. The van der Waals surface area contributed by atoms with E-state index < -0.39 is 5.60 Å². The first kappa shape index (κ1) is 24.1. The average Bonchev–Trinajstić information content (AvgIpc) is 2.61. The van der Waals surface area contributed by atoms with E-state index in [4.69, 9.17) is 9.57 Å². The summed E-state index contributed by atoms with van der Waals surface area (Å²) in [5.41, 5.74) is 0.454. The molecule has 28 heavy (non-hydrogen) atoms. The maximum Gasteiger partial charge on any atom is 0.306 e. The molecule has 158 valence electrons. The molecule has 1 amide bonds. The molecule has 0 radical (unpaired) electrons. The van der Waals surface area contributed by atoms with Crippen LogP contribution in [0.15, 0.2) is 30.3 Å². The number of unbranched alkanes of at least 4 members (excludes halogenated alkanes) is 2. The van der Waals surface area contributed by atoms with Gasteiger partial charge >= 0.3 is 5.97 Å². The normalized spacial score (nSPS) is 11.5. The molecule has 0 saturated heterocycles. The smallest absolute Gasteiger partial charge is 0.306 e. The fraction of sp³-hybridized carbons (Fsp3) is 0.636. The first-order valence-electron chi connectivity index (χ1n) is 10.0. The minimum absolute atomic E-state index is 0.0575. The summed E-state index contributed by atoms with van der Waals surface area (Å²) in [5.74, 6) is -0.552. The van der Waals surface area contributed by atoms with E-state index in [1.165, 1.54) is 5.06 Å². The predicted molar refractivity (Wildman–Crippen MR) is 110 cm³/mol. The summed E-state index contributed by atoms with van der Waals surface area (Å²) < 4.78 is 5.28. The summed E-state index contributed by atoms with van der Waals surface area (Å²) in [5, 5.41) is 1.41. The molecule has 0 aromatic heterocycles. The molecule has 0 saturated carbocycles. The lowest BCUT2D eigenvalue weighted by Crippen LogP contribution is -2.33. The SMILES string of the molecule is CN(C)CCCCCN(OCc1ccccc1)C(=O)CCC(=O)OC(C)(C)C. The molecule has 0 heterocycles. The Morgan fingerprint density at radius 2 is 1.57 bits per heavy atom. The highest BCUT2D eigenvalue weighted by Crippen LogP contribution is 2.12. The molecular formula is C22H36N2O4. The second kappa shape index (κ2) is 12.5. The largest absolute Gasteiger partial charge is 0.460 e. The van der Waals surface area contributed by atoms with Crippen LogP contribution in [0.4, 0.5) is 0 Å². The van der Waals surface area contributed by atoms with Crippen LogP contribution in [0.25, 0.3) is 0 Å². The summed E-state index contributed by atoms with van der Waals surface area (Å²) in [7, 11) is 4.10. The van der Waals surface area contributed by atoms with E-state index in [-0.39, 0.29) is 24.7 Å². The molecule has 6 nitrogen and oxygen atoms in total. The molecular weight excluding hydrogens is 356 g/mol. The topological polar surface area (TPSA) is 59.1 Å². The van der Waals surface area contributed by atoms with Crippen LogP contribution in [-0.4, -0.2) is 54.6 Å². The predicted octanol–water partition coefficient (Wildman–Crippen LogP) is 3.80. The zero-order chi connectivity index (χ0) is 21.0. The number of benzene rings is 1. The highest BCUT2D eigenvalue weighted by atomic mass is 16.7. The van der Waals surface area contributed by atoms with Crippen LogP contribution < -0.4 is 0 Å². The van der Waals surface area contributed by atoms with Crippen molar-refractivity contribution < 1.29 is 19.2 Å². The maximum absolute atomic E-state index is 12.6. The molecule has 1 rings (SSSR count). The Bertz CT molecular complexity index is 582. The lowest BCUT2D eigenvalue weighted by molar-refractivity contribution is -0.193. The Balaban J connectivity index is 2.52. The van der Waals surface area contributed by atoms with Gasteiger partial charge < -0.3 is 9.64 Å². The van der Waals surface area contributed by atoms with Gasteiger partial charge in [-0.2, -0.15) is 0 Å². The van der Waals surface area contributed by atoms with Gasteiger partial charge in [0.1, 0.15) is 12.2 Å².